The minimum atomic E-state index is 0.269. The summed E-state index contributed by atoms with van der Waals surface area (Å²) in [5, 5.41) is 7.07. The van der Waals surface area contributed by atoms with E-state index in [1.54, 1.807) is 11.7 Å². The van der Waals surface area contributed by atoms with Gasteiger partial charge in [-0.25, -0.2) is 4.68 Å². The summed E-state index contributed by atoms with van der Waals surface area (Å²) in [6.45, 7) is 0. The van der Waals surface area contributed by atoms with Gasteiger partial charge in [-0.15, -0.1) is 5.10 Å². The first-order chi connectivity index (χ1) is 7.15. The van der Waals surface area contributed by atoms with E-state index >= 15 is 0 Å². The number of nitrogens with one attached hydrogen (secondary N) is 1. The van der Waals surface area contributed by atoms with Gasteiger partial charge in [0.15, 0.2) is 0 Å². The number of halogens is 1. The van der Waals surface area contributed by atoms with Crippen LogP contribution >= 0.6 is 22.6 Å². The first kappa shape index (κ1) is 10.2. The Kier molecular flexibility index (Phi) is 2.76. The fraction of sp³-hybridized carbons (Fsp3) is 0.111. The van der Waals surface area contributed by atoms with E-state index in [1.807, 2.05) is 24.3 Å². The van der Waals surface area contributed by atoms with Gasteiger partial charge in [0, 0.05) is 16.3 Å². The molecule has 0 saturated carbocycles. The van der Waals surface area contributed by atoms with E-state index in [1.165, 1.54) is 3.57 Å². The van der Waals surface area contributed by atoms with E-state index in [0.717, 1.165) is 5.69 Å². The lowest BCUT2D eigenvalue weighted by molar-refractivity contribution is 0.779. The summed E-state index contributed by atoms with van der Waals surface area (Å²) < 4.78 is 2.79. The number of anilines is 3. The van der Waals surface area contributed by atoms with Crippen molar-refractivity contribution in [1.82, 2.24) is 14.8 Å². The molecule has 0 amide bonds. The van der Waals surface area contributed by atoms with Crippen molar-refractivity contribution in [1.29, 1.82) is 0 Å². The van der Waals surface area contributed by atoms with E-state index in [9.17, 15) is 0 Å². The number of nitrogens with zero attached hydrogens (tertiary/aromatic N) is 3. The molecular weight excluding hydrogens is 305 g/mol. The Morgan fingerprint density at radius 3 is 2.53 bits per heavy atom. The predicted molar refractivity (Wildman–Crippen MR) is 67.9 cm³/mol. The highest BCUT2D eigenvalue weighted by Gasteiger charge is 2.03. The van der Waals surface area contributed by atoms with E-state index in [0.29, 0.717) is 5.95 Å². The molecule has 6 heteroatoms. The first-order valence-corrected chi connectivity index (χ1v) is 5.42. The van der Waals surface area contributed by atoms with Crippen molar-refractivity contribution >= 4 is 40.2 Å². The fourth-order valence-corrected chi connectivity index (χ4v) is 1.54. The number of hydrogen-bond donors (Lipinski definition) is 2. The number of hydrogen-bond acceptors (Lipinski definition) is 4. The molecule has 0 fully saturated rings. The third kappa shape index (κ3) is 2.38. The van der Waals surface area contributed by atoms with E-state index in [-0.39, 0.29) is 5.95 Å². The largest absolute Gasteiger partial charge is 0.366 e. The third-order valence-electron chi connectivity index (χ3n) is 1.88. The second-order valence-electron chi connectivity index (χ2n) is 3.05. The molecule has 78 valence electrons. The Balaban J connectivity index is 2.21. The van der Waals surface area contributed by atoms with E-state index in [4.69, 9.17) is 5.73 Å². The molecule has 1 heterocycles. The van der Waals surface area contributed by atoms with Gasteiger partial charge in [0.1, 0.15) is 0 Å². The molecule has 2 aromatic rings. The number of aryl methyl sites for hydroxylation is 1. The highest BCUT2D eigenvalue weighted by atomic mass is 127. The number of benzene rings is 1. The molecule has 1 aromatic carbocycles. The van der Waals surface area contributed by atoms with Gasteiger partial charge in [-0.05, 0) is 46.9 Å². The molecule has 0 bridgehead atoms. The maximum Gasteiger partial charge on any atom is 0.241 e. The highest BCUT2D eigenvalue weighted by Crippen LogP contribution is 2.16. The SMILES string of the molecule is Cn1nc(N)nc1Nc1ccc(I)cc1. The third-order valence-corrected chi connectivity index (χ3v) is 2.60. The Morgan fingerprint density at radius 2 is 2.00 bits per heavy atom. The van der Waals surface area contributed by atoms with E-state index in [2.05, 4.69) is 38.0 Å². The van der Waals surface area contributed by atoms with Crippen LogP contribution in [-0.2, 0) is 7.05 Å². The Morgan fingerprint density at radius 1 is 1.33 bits per heavy atom. The maximum absolute atomic E-state index is 5.47. The molecule has 0 spiro atoms. The molecule has 1 aromatic heterocycles. The summed E-state index contributed by atoms with van der Waals surface area (Å²) in [4.78, 5) is 4.04. The number of aromatic nitrogens is 3. The zero-order valence-electron chi connectivity index (χ0n) is 8.11. The van der Waals surface area contributed by atoms with Gasteiger partial charge in [-0.3, -0.25) is 0 Å². The van der Waals surface area contributed by atoms with Crippen LogP contribution in [0.5, 0.6) is 0 Å². The molecule has 0 unspecified atom stereocenters. The van der Waals surface area contributed by atoms with Gasteiger partial charge in [-0.2, -0.15) is 4.98 Å². The Bertz CT molecular complexity index is 462. The molecule has 0 atom stereocenters. The molecule has 5 nitrogen and oxygen atoms in total. The van der Waals surface area contributed by atoms with Crippen molar-refractivity contribution in [3.8, 4) is 0 Å². The molecule has 15 heavy (non-hydrogen) atoms. The zero-order valence-corrected chi connectivity index (χ0v) is 10.3. The summed E-state index contributed by atoms with van der Waals surface area (Å²) >= 11 is 2.26. The molecular formula is C9H10IN5. The van der Waals surface area contributed by atoms with Crippen LogP contribution in [0.2, 0.25) is 0 Å². The monoisotopic (exact) mass is 315 g/mol. The zero-order chi connectivity index (χ0) is 10.8. The Labute approximate surface area is 101 Å². The van der Waals surface area contributed by atoms with Crippen molar-refractivity contribution in [2.75, 3.05) is 11.1 Å². The highest BCUT2D eigenvalue weighted by molar-refractivity contribution is 14.1. The van der Waals surface area contributed by atoms with Crippen molar-refractivity contribution in [2.24, 2.45) is 7.05 Å². The molecule has 2 rings (SSSR count). The van der Waals surface area contributed by atoms with Gasteiger partial charge >= 0.3 is 0 Å². The standard InChI is InChI=1S/C9H10IN5/c1-15-9(13-8(11)14-15)12-7-4-2-6(10)3-5-7/h2-5H,1H3,(H3,11,12,13,14). The Hall–Kier alpha value is -1.31. The summed E-state index contributed by atoms with van der Waals surface area (Å²) in [6, 6.07) is 7.99. The molecule has 3 N–H and O–H groups in total. The van der Waals surface area contributed by atoms with Crippen LogP contribution in [0.3, 0.4) is 0 Å². The van der Waals surface area contributed by atoms with Crippen LogP contribution in [0.1, 0.15) is 0 Å². The van der Waals surface area contributed by atoms with Gasteiger partial charge < -0.3 is 11.1 Å². The number of nitrogen functional groups attached to an aromatic ring is 1. The van der Waals surface area contributed by atoms with Crippen LogP contribution in [0.25, 0.3) is 0 Å². The van der Waals surface area contributed by atoms with Gasteiger partial charge in [-0.1, -0.05) is 0 Å². The minimum Gasteiger partial charge on any atom is -0.366 e. The van der Waals surface area contributed by atoms with Crippen LogP contribution in [-0.4, -0.2) is 14.8 Å². The minimum absolute atomic E-state index is 0.269. The van der Waals surface area contributed by atoms with Crippen molar-refractivity contribution in [3.63, 3.8) is 0 Å². The lowest BCUT2D eigenvalue weighted by Gasteiger charge is -2.03. The van der Waals surface area contributed by atoms with Gasteiger partial charge in [0.05, 0.1) is 0 Å². The van der Waals surface area contributed by atoms with Crippen molar-refractivity contribution < 1.29 is 0 Å². The predicted octanol–water partition coefficient (Wildman–Crippen LogP) is 1.75. The maximum atomic E-state index is 5.47. The van der Waals surface area contributed by atoms with Crippen molar-refractivity contribution in [3.05, 3.63) is 27.8 Å². The van der Waals surface area contributed by atoms with Crippen LogP contribution < -0.4 is 11.1 Å². The molecule has 0 saturated heterocycles. The second-order valence-corrected chi connectivity index (χ2v) is 4.29. The normalized spacial score (nSPS) is 10.3. The van der Waals surface area contributed by atoms with Crippen molar-refractivity contribution in [2.45, 2.75) is 0 Å². The first-order valence-electron chi connectivity index (χ1n) is 4.34. The topological polar surface area (TPSA) is 68.8 Å². The lowest BCUT2D eigenvalue weighted by atomic mass is 10.3. The van der Waals surface area contributed by atoms with Gasteiger partial charge in [0.25, 0.3) is 0 Å². The second kappa shape index (κ2) is 4.05. The van der Waals surface area contributed by atoms with Crippen LogP contribution in [0.4, 0.5) is 17.6 Å². The lowest BCUT2D eigenvalue weighted by Crippen LogP contribution is -2.00. The molecule has 0 radical (unpaired) electrons. The summed E-state index contributed by atoms with van der Waals surface area (Å²) in [7, 11) is 1.79. The molecule has 0 aliphatic rings. The smallest absolute Gasteiger partial charge is 0.241 e. The molecule has 0 aliphatic heterocycles. The summed E-state index contributed by atoms with van der Waals surface area (Å²) in [6.07, 6.45) is 0. The van der Waals surface area contributed by atoms with E-state index < -0.39 is 0 Å². The summed E-state index contributed by atoms with van der Waals surface area (Å²) in [5.41, 5.74) is 6.44. The average molecular weight is 315 g/mol. The number of nitrogens with two attached hydrogens (primary N) is 1. The number of rotatable bonds is 2. The van der Waals surface area contributed by atoms with Crippen LogP contribution in [0, 0.1) is 3.57 Å². The van der Waals surface area contributed by atoms with Gasteiger partial charge in [0.2, 0.25) is 11.9 Å². The van der Waals surface area contributed by atoms with Crippen LogP contribution in [0.15, 0.2) is 24.3 Å². The quantitative estimate of drug-likeness (QED) is 0.829. The fourth-order valence-electron chi connectivity index (χ4n) is 1.18. The average Bonchev–Trinajstić information content (AvgIpc) is 2.49. The molecule has 0 aliphatic carbocycles. The summed E-state index contributed by atoms with van der Waals surface area (Å²) in [5.74, 6) is 0.902.